The Morgan fingerprint density at radius 3 is 2.91 bits per heavy atom. The Morgan fingerprint density at radius 2 is 2.18 bits per heavy atom. The van der Waals surface area contributed by atoms with Crippen LogP contribution in [-0.4, -0.2) is 52.8 Å². The third-order valence-corrected chi connectivity index (χ3v) is 7.64. The molecule has 2 aliphatic rings. The van der Waals surface area contributed by atoms with E-state index in [1.54, 1.807) is 34.5 Å². The molecule has 4 heterocycles. The Kier molecular flexibility index (Phi) is 3.33. The quantitative estimate of drug-likeness (QED) is 0.837. The molecule has 0 amide bonds. The summed E-state index contributed by atoms with van der Waals surface area (Å²) in [6.07, 6.45) is 4.89. The van der Waals surface area contributed by atoms with E-state index in [2.05, 4.69) is 10.2 Å². The van der Waals surface area contributed by atoms with Crippen LogP contribution in [0.2, 0.25) is 0 Å². The molecule has 0 N–H and O–H groups in total. The third-order valence-electron chi connectivity index (χ3n) is 4.42. The molecule has 2 saturated heterocycles. The van der Waals surface area contributed by atoms with E-state index in [1.165, 1.54) is 11.3 Å². The molecule has 0 bridgehead atoms. The van der Waals surface area contributed by atoms with Gasteiger partial charge in [-0.2, -0.15) is 4.31 Å². The first kappa shape index (κ1) is 14.3. The summed E-state index contributed by atoms with van der Waals surface area (Å²) < 4.78 is 35.1. The highest BCUT2D eigenvalue weighted by Gasteiger charge is 2.49. The maximum absolute atomic E-state index is 12.6. The number of ether oxygens (including phenoxy) is 1. The van der Waals surface area contributed by atoms with E-state index in [0.717, 1.165) is 12.8 Å². The zero-order valence-corrected chi connectivity index (χ0v) is 13.5. The molecule has 2 aliphatic heterocycles. The second-order valence-corrected chi connectivity index (χ2v) is 8.89. The van der Waals surface area contributed by atoms with Crippen molar-refractivity contribution in [2.75, 3.05) is 19.7 Å². The summed E-state index contributed by atoms with van der Waals surface area (Å²) in [5, 5.41) is 9.43. The monoisotopic (exact) mass is 340 g/mol. The van der Waals surface area contributed by atoms with Crippen molar-refractivity contribution in [3.63, 3.8) is 0 Å². The SMILES string of the molecule is O=S(=O)(c1cccs1)N1CC[C@]2(C[C@@H](n3cnnc3)CO2)C1. The molecule has 0 aliphatic carbocycles. The lowest BCUT2D eigenvalue weighted by Gasteiger charge is -2.23. The van der Waals surface area contributed by atoms with Crippen LogP contribution >= 0.6 is 11.3 Å². The minimum atomic E-state index is -3.39. The zero-order chi connectivity index (χ0) is 15.2. The number of nitrogens with zero attached hydrogens (tertiary/aromatic N) is 4. The van der Waals surface area contributed by atoms with Crippen LogP contribution in [0.25, 0.3) is 0 Å². The van der Waals surface area contributed by atoms with Gasteiger partial charge in [-0.15, -0.1) is 21.5 Å². The number of aromatic nitrogens is 3. The van der Waals surface area contributed by atoms with Crippen LogP contribution < -0.4 is 0 Å². The molecule has 2 atom stereocenters. The zero-order valence-electron chi connectivity index (χ0n) is 11.8. The lowest BCUT2D eigenvalue weighted by molar-refractivity contribution is 0.0165. The van der Waals surface area contributed by atoms with Gasteiger partial charge in [0.15, 0.2) is 0 Å². The largest absolute Gasteiger partial charge is 0.371 e. The maximum atomic E-state index is 12.6. The smallest absolute Gasteiger partial charge is 0.252 e. The Hall–Kier alpha value is -1.29. The first-order chi connectivity index (χ1) is 10.6. The van der Waals surface area contributed by atoms with Gasteiger partial charge in [0.1, 0.15) is 16.9 Å². The highest BCUT2D eigenvalue weighted by atomic mass is 32.2. The lowest BCUT2D eigenvalue weighted by Crippen LogP contribution is -2.35. The maximum Gasteiger partial charge on any atom is 0.252 e. The van der Waals surface area contributed by atoms with Gasteiger partial charge in [0.05, 0.1) is 18.2 Å². The van der Waals surface area contributed by atoms with Crippen molar-refractivity contribution in [1.29, 1.82) is 0 Å². The van der Waals surface area contributed by atoms with E-state index in [9.17, 15) is 8.42 Å². The lowest BCUT2D eigenvalue weighted by atomic mass is 9.97. The number of rotatable bonds is 3. The molecule has 9 heteroatoms. The minimum absolute atomic E-state index is 0.180. The van der Waals surface area contributed by atoms with E-state index < -0.39 is 10.0 Å². The summed E-state index contributed by atoms with van der Waals surface area (Å²) in [7, 11) is -3.39. The highest BCUT2D eigenvalue weighted by molar-refractivity contribution is 7.91. The fourth-order valence-corrected chi connectivity index (χ4v) is 5.90. The predicted molar refractivity (Wildman–Crippen MR) is 80.1 cm³/mol. The van der Waals surface area contributed by atoms with Crippen LogP contribution in [0.3, 0.4) is 0 Å². The molecule has 4 rings (SSSR count). The summed E-state index contributed by atoms with van der Waals surface area (Å²) in [6, 6.07) is 3.59. The van der Waals surface area contributed by atoms with E-state index >= 15 is 0 Å². The highest BCUT2D eigenvalue weighted by Crippen LogP contribution is 2.41. The Labute approximate surface area is 132 Å². The molecular formula is C13H16N4O3S2. The van der Waals surface area contributed by atoms with Crippen molar-refractivity contribution in [2.45, 2.75) is 28.7 Å². The van der Waals surface area contributed by atoms with E-state index in [-0.39, 0.29) is 11.6 Å². The van der Waals surface area contributed by atoms with E-state index in [0.29, 0.717) is 23.9 Å². The first-order valence-corrected chi connectivity index (χ1v) is 9.43. The number of hydrogen-bond donors (Lipinski definition) is 0. The summed E-state index contributed by atoms with van der Waals surface area (Å²) in [4.78, 5) is 0. The van der Waals surface area contributed by atoms with Crippen molar-refractivity contribution in [3.05, 3.63) is 30.2 Å². The Bertz CT molecular complexity index is 744. The van der Waals surface area contributed by atoms with Crippen LogP contribution in [-0.2, 0) is 14.8 Å². The summed E-state index contributed by atoms with van der Waals surface area (Å²) in [5.74, 6) is 0. The molecule has 0 unspecified atom stereocenters. The van der Waals surface area contributed by atoms with Gasteiger partial charge in [0.2, 0.25) is 0 Å². The molecule has 0 radical (unpaired) electrons. The van der Waals surface area contributed by atoms with Gasteiger partial charge in [0, 0.05) is 19.5 Å². The van der Waals surface area contributed by atoms with E-state index in [4.69, 9.17) is 4.74 Å². The molecule has 2 fully saturated rings. The fraction of sp³-hybridized carbons (Fsp3) is 0.538. The van der Waals surface area contributed by atoms with Crippen molar-refractivity contribution in [1.82, 2.24) is 19.1 Å². The molecule has 0 saturated carbocycles. The number of sulfonamides is 1. The van der Waals surface area contributed by atoms with Crippen LogP contribution in [0.1, 0.15) is 18.9 Å². The van der Waals surface area contributed by atoms with Crippen molar-refractivity contribution >= 4 is 21.4 Å². The van der Waals surface area contributed by atoms with Gasteiger partial charge in [-0.3, -0.25) is 0 Å². The fourth-order valence-electron chi connectivity index (χ4n) is 3.24. The van der Waals surface area contributed by atoms with Gasteiger partial charge in [-0.05, 0) is 17.9 Å². The average molecular weight is 340 g/mol. The molecule has 2 aromatic rings. The standard InChI is InChI=1S/C13H16N4O3S2/c18-22(19,12-2-1-5-21-12)17-4-3-13(8-17)6-11(7-20-13)16-9-14-15-10-16/h1-2,5,9-11H,3-4,6-8H2/t11-,13+/m1/s1. The third kappa shape index (κ3) is 2.28. The molecule has 7 nitrogen and oxygen atoms in total. The average Bonchev–Trinajstić information content (AvgIpc) is 3.30. The summed E-state index contributed by atoms with van der Waals surface area (Å²) >= 11 is 1.26. The van der Waals surface area contributed by atoms with Crippen LogP contribution in [0.15, 0.2) is 34.4 Å². The molecule has 0 aromatic carbocycles. The topological polar surface area (TPSA) is 77.3 Å². The van der Waals surface area contributed by atoms with Crippen LogP contribution in [0, 0.1) is 0 Å². The van der Waals surface area contributed by atoms with Crippen molar-refractivity contribution in [3.8, 4) is 0 Å². The number of thiophene rings is 1. The van der Waals surface area contributed by atoms with Gasteiger partial charge in [-0.25, -0.2) is 8.42 Å². The van der Waals surface area contributed by atoms with Gasteiger partial charge in [-0.1, -0.05) is 6.07 Å². The Morgan fingerprint density at radius 1 is 1.36 bits per heavy atom. The van der Waals surface area contributed by atoms with Gasteiger partial charge in [0.25, 0.3) is 10.0 Å². The molecule has 118 valence electrons. The predicted octanol–water partition coefficient (Wildman–Crippen LogP) is 1.13. The number of hydrogen-bond acceptors (Lipinski definition) is 6. The minimum Gasteiger partial charge on any atom is -0.371 e. The Balaban J connectivity index is 1.51. The van der Waals surface area contributed by atoms with E-state index in [1.807, 2.05) is 4.57 Å². The van der Waals surface area contributed by atoms with Crippen molar-refractivity contribution < 1.29 is 13.2 Å². The van der Waals surface area contributed by atoms with Crippen molar-refractivity contribution in [2.24, 2.45) is 0 Å². The van der Waals surface area contributed by atoms with Crippen LogP contribution in [0.4, 0.5) is 0 Å². The van der Waals surface area contributed by atoms with Gasteiger partial charge < -0.3 is 9.30 Å². The second kappa shape index (κ2) is 5.12. The van der Waals surface area contributed by atoms with Crippen LogP contribution in [0.5, 0.6) is 0 Å². The van der Waals surface area contributed by atoms with Gasteiger partial charge >= 0.3 is 0 Å². The first-order valence-electron chi connectivity index (χ1n) is 7.11. The molecule has 22 heavy (non-hydrogen) atoms. The normalized spacial score (nSPS) is 29.5. The molecular weight excluding hydrogens is 324 g/mol. The second-order valence-electron chi connectivity index (χ2n) is 5.78. The molecule has 2 aromatic heterocycles. The summed E-state index contributed by atoms with van der Waals surface area (Å²) in [5.41, 5.74) is -0.376. The molecule has 1 spiro atoms. The summed E-state index contributed by atoms with van der Waals surface area (Å²) in [6.45, 7) is 1.51.